The summed E-state index contributed by atoms with van der Waals surface area (Å²) in [6.07, 6.45) is 4.54. The van der Waals surface area contributed by atoms with Gasteiger partial charge in [-0.2, -0.15) is 0 Å². The van der Waals surface area contributed by atoms with Crippen LogP contribution in [0, 0.1) is 11.6 Å². The highest BCUT2D eigenvalue weighted by atomic mass is 35.5. The molecule has 0 radical (unpaired) electrons. The number of nitrogens with one attached hydrogen (secondary N) is 1. The zero-order chi connectivity index (χ0) is 27.7. The van der Waals surface area contributed by atoms with Crippen LogP contribution in [0.15, 0.2) is 78.0 Å². The smallest absolute Gasteiger partial charge is 0.268 e. The molecule has 39 heavy (non-hydrogen) atoms. The number of benzene rings is 2. The molecule has 0 saturated carbocycles. The Bertz CT molecular complexity index is 1790. The molecule has 0 saturated heterocycles. The maximum atomic E-state index is 15.0. The van der Waals surface area contributed by atoms with Crippen molar-refractivity contribution in [2.45, 2.75) is 13.5 Å². The van der Waals surface area contributed by atoms with Crippen LogP contribution >= 0.6 is 11.6 Å². The van der Waals surface area contributed by atoms with Gasteiger partial charge in [0.05, 0.1) is 10.9 Å². The zero-order valence-electron chi connectivity index (χ0n) is 20.4. The monoisotopic (exact) mass is 547 g/mol. The molecule has 2 aromatic carbocycles. The Labute approximate surface area is 225 Å². The molecular weight excluding hydrogens is 528 g/mol. The van der Waals surface area contributed by atoms with Gasteiger partial charge in [-0.3, -0.25) is 9.59 Å². The Morgan fingerprint density at radius 1 is 1.05 bits per heavy atom. The van der Waals surface area contributed by atoms with Crippen molar-refractivity contribution in [1.29, 1.82) is 0 Å². The lowest BCUT2D eigenvalue weighted by atomic mass is 10.0. The first-order valence-electron chi connectivity index (χ1n) is 11.7. The second kappa shape index (κ2) is 10.5. The number of hydrogen-bond acceptors (Lipinski definition) is 6. The lowest BCUT2D eigenvalue weighted by Crippen LogP contribution is -2.14. The summed E-state index contributed by atoms with van der Waals surface area (Å²) in [7, 11) is 0. The van der Waals surface area contributed by atoms with Gasteiger partial charge < -0.3 is 20.4 Å². The zero-order valence-corrected chi connectivity index (χ0v) is 21.2. The van der Waals surface area contributed by atoms with Gasteiger partial charge in [-0.15, -0.1) is 0 Å². The Balaban J connectivity index is 1.52. The second-order valence-corrected chi connectivity index (χ2v) is 8.80. The fraction of sp³-hybridized carbons (Fsp3) is 0.0714. The third-order valence-electron chi connectivity index (χ3n) is 5.99. The minimum atomic E-state index is -0.849. The summed E-state index contributed by atoms with van der Waals surface area (Å²) in [6.45, 7) is 2.49. The third kappa shape index (κ3) is 5.01. The van der Waals surface area contributed by atoms with Gasteiger partial charge in [-0.05, 0) is 42.8 Å². The highest BCUT2D eigenvalue weighted by Gasteiger charge is 2.18. The molecule has 5 rings (SSSR count). The van der Waals surface area contributed by atoms with E-state index in [2.05, 4.69) is 15.3 Å². The number of fused-ring (bicyclic) bond motifs is 1. The predicted molar refractivity (Wildman–Crippen MR) is 145 cm³/mol. The molecule has 0 bridgehead atoms. The summed E-state index contributed by atoms with van der Waals surface area (Å²) in [6, 6.07) is 12.8. The van der Waals surface area contributed by atoms with Crippen LogP contribution in [0.5, 0.6) is 11.5 Å². The van der Waals surface area contributed by atoms with E-state index in [-0.39, 0.29) is 33.5 Å². The normalized spacial score (nSPS) is 11.0. The quantitative estimate of drug-likeness (QED) is 0.257. The van der Waals surface area contributed by atoms with Crippen LogP contribution < -0.4 is 21.2 Å². The Morgan fingerprint density at radius 3 is 2.49 bits per heavy atom. The highest BCUT2D eigenvalue weighted by molar-refractivity contribution is 6.34. The van der Waals surface area contributed by atoms with Crippen LogP contribution in [-0.4, -0.2) is 20.4 Å². The van der Waals surface area contributed by atoms with Gasteiger partial charge in [0.2, 0.25) is 5.43 Å². The van der Waals surface area contributed by atoms with Crippen LogP contribution in [0.1, 0.15) is 17.4 Å². The topological polar surface area (TPSA) is 112 Å². The van der Waals surface area contributed by atoms with Crippen LogP contribution in [0.4, 0.5) is 20.3 Å². The molecule has 0 atom stereocenters. The van der Waals surface area contributed by atoms with Crippen LogP contribution in [-0.2, 0) is 6.54 Å². The first-order valence-corrected chi connectivity index (χ1v) is 12.1. The molecule has 0 aliphatic heterocycles. The molecule has 0 fully saturated rings. The Hall–Kier alpha value is -4.83. The number of primary amides is 1. The highest BCUT2D eigenvalue weighted by Crippen LogP contribution is 2.34. The van der Waals surface area contributed by atoms with E-state index in [0.717, 1.165) is 0 Å². The number of amides is 1. The number of rotatable bonds is 7. The van der Waals surface area contributed by atoms with E-state index in [0.29, 0.717) is 34.3 Å². The van der Waals surface area contributed by atoms with Crippen molar-refractivity contribution in [3.63, 3.8) is 0 Å². The number of aryl methyl sites for hydroxylation is 1. The summed E-state index contributed by atoms with van der Waals surface area (Å²) in [5.74, 6) is -1.94. The number of ether oxygens (including phenoxy) is 1. The molecule has 0 aliphatic carbocycles. The molecule has 1 amide bonds. The molecule has 3 aromatic heterocycles. The number of carbonyl (C=O) groups excluding carboxylic acids is 1. The number of pyridine rings is 3. The van der Waals surface area contributed by atoms with E-state index in [1.807, 2.05) is 11.5 Å². The van der Waals surface area contributed by atoms with E-state index < -0.39 is 17.5 Å². The molecule has 8 nitrogen and oxygen atoms in total. The molecule has 3 heterocycles. The van der Waals surface area contributed by atoms with Crippen molar-refractivity contribution in [3.05, 3.63) is 106 Å². The minimum absolute atomic E-state index is 0.00392. The van der Waals surface area contributed by atoms with Crippen molar-refractivity contribution in [2.75, 3.05) is 5.32 Å². The molecular formula is C28H20ClF2N5O3. The minimum Gasteiger partial charge on any atom is -0.453 e. The van der Waals surface area contributed by atoms with E-state index in [1.54, 1.807) is 18.5 Å². The van der Waals surface area contributed by atoms with Gasteiger partial charge >= 0.3 is 0 Å². The largest absolute Gasteiger partial charge is 0.453 e. The van der Waals surface area contributed by atoms with Gasteiger partial charge in [0, 0.05) is 48.5 Å². The summed E-state index contributed by atoms with van der Waals surface area (Å²) >= 11 is 6.12. The maximum Gasteiger partial charge on any atom is 0.268 e. The fourth-order valence-electron chi connectivity index (χ4n) is 4.12. The number of hydrogen-bond donors (Lipinski definition) is 2. The SMILES string of the molecule is CCn1cc(-c2ccc(F)cc2)c(=O)c2c(Nc3ccc(Oc4ccnc(C(N)=O)c4Cl)c(F)c3)nccc21. The van der Waals surface area contributed by atoms with Gasteiger partial charge in [0.25, 0.3) is 5.91 Å². The summed E-state index contributed by atoms with van der Waals surface area (Å²) in [5.41, 5.74) is 6.60. The van der Waals surface area contributed by atoms with Gasteiger partial charge in [-0.25, -0.2) is 18.7 Å². The number of nitrogens with two attached hydrogens (primary N) is 1. The second-order valence-electron chi connectivity index (χ2n) is 8.43. The number of carbonyl (C=O) groups is 1. The molecule has 196 valence electrons. The van der Waals surface area contributed by atoms with Crippen molar-refractivity contribution in [1.82, 2.24) is 14.5 Å². The lowest BCUT2D eigenvalue weighted by molar-refractivity contribution is 0.0995. The molecule has 11 heteroatoms. The summed E-state index contributed by atoms with van der Waals surface area (Å²) < 4.78 is 36.0. The lowest BCUT2D eigenvalue weighted by Gasteiger charge is -2.15. The Morgan fingerprint density at radius 2 is 1.79 bits per heavy atom. The molecule has 0 spiro atoms. The van der Waals surface area contributed by atoms with Crippen LogP contribution in [0.3, 0.4) is 0 Å². The van der Waals surface area contributed by atoms with E-state index in [1.165, 1.54) is 54.7 Å². The standard InChI is InChI=1S/C28H20ClF2N5O3/c1-2-36-14-18(15-3-5-16(30)6-4-15)26(37)23-20(36)9-11-34-28(23)35-17-7-8-21(19(31)13-17)39-22-10-12-33-25(24(22)29)27(32)38/h3-14H,2H2,1H3,(H2,32,38)(H,34,35). The average Bonchev–Trinajstić information content (AvgIpc) is 2.92. The molecule has 0 aliphatic rings. The van der Waals surface area contributed by atoms with Crippen molar-refractivity contribution < 1.29 is 18.3 Å². The molecule has 0 unspecified atom stereocenters. The first-order chi connectivity index (χ1) is 18.8. The van der Waals surface area contributed by atoms with E-state index in [9.17, 15) is 14.0 Å². The van der Waals surface area contributed by atoms with E-state index in [4.69, 9.17) is 22.1 Å². The third-order valence-corrected chi connectivity index (χ3v) is 6.36. The van der Waals surface area contributed by atoms with Gasteiger partial charge in [-0.1, -0.05) is 23.7 Å². The Kier molecular flexibility index (Phi) is 6.95. The van der Waals surface area contributed by atoms with Crippen LogP contribution in [0.25, 0.3) is 22.0 Å². The van der Waals surface area contributed by atoms with Crippen LogP contribution in [0.2, 0.25) is 5.02 Å². The number of aromatic nitrogens is 3. The first kappa shape index (κ1) is 25.8. The van der Waals surface area contributed by atoms with Gasteiger partial charge in [0.15, 0.2) is 11.6 Å². The number of nitrogens with zero attached hydrogens (tertiary/aromatic N) is 3. The predicted octanol–water partition coefficient (Wildman–Crippen LogP) is 6.04. The number of anilines is 2. The van der Waals surface area contributed by atoms with Crippen molar-refractivity contribution in [2.24, 2.45) is 5.73 Å². The van der Waals surface area contributed by atoms with Gasteiger partial charge in [0.1, 0.15) is 28.1 Å². The number of halogens is 3. The average molecular weight is 548 g/mol. The van der Waals surface area contributed by atoms with Crippen molar-refractivity contribution >= 4 is 39.9 Å². The summed E-state index contributed by atoms with van der Waals surface area (Å²) in [4.78, 5) is 33.2. The fourth-order valence-corrected chi connectivity index (χ4v) is 4.36. The maximum absolute atomic E-state index is 15.0. The van der Waals surface area contributed by atoms with E-state index >= 15 is 4.39 Å². The molecule has 3 N–H and O–H groups in total. The summed E-state index contributed by atoms with van der Waals surface area (Å²) in [5, 5.41) is 3.17. The van der Waals surface area contributed by atoms with Crippen molar-refractivity contribution in [3.8, 4) is 22.6 Å². The molecule has 5 aromatic rings.